The van der Waals surface area contributed by atoms with Gasteiger partial charge in [0.15, 0.2) is 0 Å². The molecular formula is C26H24N4OS. The Kier molecular flexibility index (Phi) is 5.37. The number of rotatable bonds is 6. The van der Waals surface area contributed by atoms with Crippen LogP contribution in [-0.4, -0.2) is 29.0 Å². The van der Waals surface area contributed by atoms with Gasteiger partial charge in [-0.1, -0.05) is 0 Å². The minimum absolute atomic E-state index is 0.127. The van der Waals surface area contributed by atoms with Crippen molar-refractivity contribution in [1.29, 1.82) is 0 Å². The Morgan fingerprint density at radius 1 is 1.00 bits per heavy atom. The number of carbonyl (C=O) groups is 1. The molecule has 0 saturated heterocycles. The molecule has 1 amide bonds. The molecule has 5 nitrogen and oxygen atoms in total. The molecule has 0 atom stereocenters. The third-order valence-corrected chi connectivity index (χ3v) is 6.62. The van der Waals surface area contributed by atoms with E-state index in [-0.39, 0.29) is 5.91 Å². The molecule has 0 spiro atoms. The number of thiophene rings is 1. The topological polar surface area (TPSA) is 61.0 Å². The molecule has 2 N–H and O–H groups in total. The number of hydrogen-bond donors (Lipinski definition) is 2. The molecule has 0 aliphatic rings. The second-order valence-corrected chi connectivity index (χ2v) is 8.61. The number of aromatic nitrogens is 2. The van der Waals surface area contributed by atoms with E-state index in [1.54, 1.807) is 11.3 Å². The van der Waals surface area contributed by atoms with Crippen molar-refractivity contribution in [3.63, 3.8) is 0 Å². The number of carbonyl (C=O) groups excluding carboxylic acids is 1. The third-order valence-electron chi connectivity index (χ3n) is 5.72. The zero-order valence-electron chi connectivity index (χ0n) is 18.1. The molecule has 6 heteroatoms. The van der Waals surface area contributed by atoms with Crippen molar-refractivity contribution in [3.05, 3.63) is 77.7 Å². The predicted octanol–water partition coefficient (Wildman–Crippen LogP) is 6.54. The highest BCUT2D eigenvalue weighted by molar-refractivity contribution is 7.17. The number of benzene rings is 3. The molecule has 0 radical (unpaired) electrons. The van der Waals surface area contributed by atoms with E-state index in [1.807, 2.05) is 42.5 Å². The van der Waals surface area contributed by atoms with Crippen LogP contribution in [0.4, 0.5) is 11.4 Å². The molecule has 3 aromatic carbocycles. The van der Waals surface area contributed by atoms with E-state index in [2.05, 4.69) is 58.7 Å². The van der Waals surface area contributed by atoms with E-state index >= 15 is 0 Å². The minimum atomic E-state index is -0.127. The summed E-state index contributed by atoms with van der Waals surface area (Å²) < 4.78 is 1.26. The lowest BCUT2D eigenvalue weighted by Gasteiger charge is -2.21. The van der Waals surface area contributed by atoms with Crippen LogP contribution in [0.3, 0.4) is 0 Å². The van der Waals surface area contributed by atoms with Gasteiger partial charge in [0.25, 0.3) is 5.91 Å². The summed E-state index contributed by atoms with van der Waals surface area (Å²) in [6, 6.07) is 22.0. The van der Waals surface area contributed by atoms with Crippen molar-refractivity contribution in [1.82, 2.24) is 9.97 Å². The number of nitrogens with zero attached hydrogens (tertiary/aromatic N) is 2. The molecule has 0 fully saturated rings. The van der Waals surface area contributed by atoms with Gasteiger partial charge in [0.05, 0.1) is 11.0 Å². The maximum absolute atomic E-state index is 12.7. The number of fused-ring (bicyclic) bond motifs is 2. The minimum Gasteiger partial charge on any atom is -0.372 e. The van der Waals surface area contributed by atoms with Gasteiger partial charge in [0.1, 0.15) is 5.82 Å². The Balaban J connectivity index is 1.36. The van der Waals surface area contributed by atoms with Crippen molar-refractivity contribution in [2.45, 2.75) is 13.8 Å². The average molecular weight is 441 g/mol. The van der Waals surface area contributed by atoms with Crippen molar-refractivity contribution < 1.29 is 4.79 Å². The molecule has 5 rings (SSSR count). The Bertz CT molecular complexity index is 1400. The lowest BCUT2D eigenvalue weighted by Crippen LogP contribution is -2.21. The first-order valence-corrected chi connectivity index (χ1v) is 11.7. The van der Waals surface area contributed by atoms with Gasteiger partial charge in [-0.15, -0.1) is 11.3 Å². The summed E-state index contributed by atoms with van der Waals surface area (Å²) in [5.74, 6) is 0.696. The number of anilines is 2. The quantitative estimate of drug-likeness (QED) is 0.315. The number of imidazole rings is 1. The normalized spacial score (nSPS) is 11.2. The molecule has 2 aromatic heterocycles. The Morgan fingerprint density at radius 2 is 1.81 bits per heavy atom. The smallest absolute Gasteiger partial charge is 0.255 e. The fraction of sp³-hybridized carbons (Fsp3) is 0.154. The second kappa shape index (κ2) is 8.48. The van der Waals surface area contributed by atoms with E-state index < -0.39 is 0 Å². The highest BCUT2D eigenvalue weighted by Crippen LogP contribution is 2.28. The Labute approximate surface area is 190 Å². The summed E-state index contributed by atoms with van der Waals surface area (Å²) >= 11 is 1.73. The summed E-state index contributed by atoms with van der Waals surface area (Å²) in [6.45, 7) is 6.13. The van der Waals surface area contributed by atoms with Gasteiger partial charge in [0.2, 0.25) is 0 Å². The number of amides is 1. The predicted molar refractivity (Wildman–Crippen MR) is 135 cm³/mol. The van der Waals surface area contributed by atoms with Gasteiger partial charge < -0.3 is 15.2 Å². The molecule has 32 heavy (non-hydrogen) atoms. The van der Waals surface area contributed by atoms with E-state index in [0.717, 1.165) is 46.9 Å². The van der Waals surface area contributed by atoms with E-state index in [4.69, 9.17) is 4.98 Å². The van der Waals surface area contributed by atoms with Crippen LogP contribution in [0.25, 0.3) is 32.5 Å². The van der Waals surface area contributed by atoms with Gasteiger partial charge in [-0.25, -0.2) is 4.98 Å². The van der Waals surface area contributed by atoms with Crippen LogP contribution in [-0.2, 0) is 0 Å². The van der Waals surface area contributed by atoms with Crippen molar-refractivity contribution in [2.75, 3.05) is 23.3 Å². The maximum Gasteiger partial charge on any atom is 0.255 e. The van der Waals surface area contributed by atoms with Gasteiger partial charge in [-0.2, -0.15) is 0 Å². The average Bonchev–Trinajstić information content (AvgIpc) is 3.46. The van der Waals surface area contributed by atoms with Crippen LogP contribution in [0.1, 0.15) is 24.2 Å². The highest BCUT2D eigenvalue weighted by Gasteiger charge is 2.11. The number of H-pyrrole nitrogens is 1. The molecule has 2 heterocycles. The highest BCUT2D eigenvalue weighted by atomic mass is 32.1. The zero-order valence-corrected chi connectivity index (χ0v) is 18.9. The summed E-state index contributed by atoms with van der Waals surface area (Å²) in [6.07, 6.45) is 0. The van der Waals surface area contributed by atoms with E-state index in [9.17, 15) is 4.79 Å². The summed E-state index contributed by atoms with van der Waals surface area (Å²) in [5.41, 5.74) is 5.30. The molecule has 160 valence electrons. The monoisotopic (exact) mass is 440 g/mol. The summed E-state index contributed by atoms with van der Waals surface area (Å²) in [7, 11) is 0. The molecule has 0 aliphatic heterocycles. The van der Waals surface area contributed by atoms with Gasteiger partial charge in [0, 0.05) is 40.3 Å². The van der Waals surface area contributed by atoms with Gasteiger partial charge in [-0.05, 0) is 91.3 Å². The molecule has 0 unspecified atom stereocenters. The molecular weight excluding hydrogens is 416 g/mol. The molecule has 0 saturated carbocycles. The van der Waals surface area contributed by atoms with Crippen molar-refractivity contribution >= 4 is 49.7 Å². The first kappa shape index (κ1) is 20.3. The second-order valence-electron chi connectivity index (χ2n) is 7.66. The fourth-order valence-electron chi connectivity index (χ4n) is 3.95. The lowest BCUT2D eigenvalue weighted by molar-refractivity contribution is 0.102. The number of aromatic amines is 1. The van der Waals surface area contributed by atoms with Gasteiger partial charge >= 0.3 is 0 Å². The Morgan fingerprint density at radius 3 is 2.59 bits per heavy atom. The van der Waals surface area contributed by atoms with Crippen LogP contribution in [0.15, 0.2) is 72.1 Å². The van der Waals surface area contributed by atoms with Crippen molar-refractivity contribution in [3.8, 4) is 11.4 Å². The largest absolute Gasteiger partial charge is 0.372 e. The zero-order chi connectivity index (χ0) is 22.1. The van der Waals surface area contributed by atoms with Crippen LogP contribution < -0.4 is 10.2 Å². The standard InChI is InChI=1S/C26H24N4OS/c1-3-30(4-2)21-9-5-17(6-10-21)26(31)27-20-8-11-22-23(16-20)29-25(28-22)19-7-12-24-18(15-19)13-14-32-24/h5-16H,3-4H2,1-2H3,(H,27,31)(H,28,29). The fourth-order valence-corrected chi connectivity index (χ4v) is 4.72. The first-order valence-electron chi connectivity index (χ1n) is 10.8. The van der Waals surface area contributed by atoms with Crippen molar-refractivity contribution in [2.24, 2.45) is 0 Å². The maximum atomic E-state index is 12.7. The summed E-state index contributed by atoms with van der Waals surface area (Å²) in [4.78, 5) is 23.1. The third kappa shape index (κ3) is 3.85. The van der Waals surface area contributed by atoms with Gasteiger partial charge in [-0.3, -0.25) is 4.79 Å². The number of hydrogen-bond acceptors (Lipinski definition) is 4. The number of nitrogens with one attached hydrogen (secondary N) is 2. The lowest BCUT2D eigenvalue weighted by atomic mass is 10.1. The van der Waals surface area contributed by atoms with Crippen LogP contribution >= 0.6 is 11.3 Å². The van der Waals surface area contributed by atoms with E-state index in [0.29, 0.717) is 5.56 Å². The van der Waals surface area contributed by atoms with Crippen LogP contribution in [0, 0.1) is 0 Å². The first-order chi connectivity index (χ1) is 15.6. The molecule has 0 aliphatic carbocycles. The summed E-state index contributed by atoms with van der Waals surface area (Å²) in [5, 5.41) is 6.31. The van der Waals surface area contributed by atoms with Crippen LogP contribution in [0.5, 0.6) is 0 Å². The molecule has 0 bridgehead atoms. The van der Waals surface area contributed by atoms with Crippen LogP contribution in [0.2, 0.25) is 0 Å². The van der Waals surface area contributed by atoms with E-state index in [1.165, 1.54) is 10.1 Å². The molecule has 5 aromatic rings. The Hall–Kier alpha value is -3.64. The SMILES string of the molecule is CCN(CC)c1ccc(C(=O)Nc2ccc3nc(-c4ccc5sccc5c4)[nH]c3c2)cc1.